The van der Waals surface area contributed by atoms with Crippen LogP contribution in [0.15, 0.2) is 15.7 Å². The lowest BCUT2D eigenvalue weighted by molar-refractivity contribution is 0.710. The van der Waals surface area contributed by atoms with E-state index >= 15 is 0 Å². The molecular formula is C9H16N4O2. The van der Waals surface area contributed by atoms with E-state index in [-0.39, 0.29) is 5.56 Å². The summed E-state index contributed by atoms with van der Waals surface area (Å²) in [6.07, 6.45) is 1.91. The molecule has 0 saturated carbocycles. The fourth-order valence-corrected chi connectivity index (χ4v) is 1.15. The minimum absolute atomic E-state index is 0.358. The van der Waals surface area contributed by atoms with Crippen LogP contribution in [0, 0.1) is 0 Å². The monoisotopic (exact) mass is 212 g/mol. The summed E-state index contributed by atoms with van der Waals surface area (Å²) in [5.41, 5.74) is -0.815. The van der Waals surface area contributed by atoms with Gasteiger partial charge in [-0.3, -0.25) is 19.4 Å². The van der Waals surface area contributed by atoms with Crippen LogP contribution in [0.4, 0.5) is 5.82 Å². The van der Waals surface area contributed by atoms with Crippen molar-refractivity contribution in [1.29, 1.82) is 0 Å². The third-order valence-electron chi connectivity index (χ3n) is 2.19. The van der Waals surface area contributed by atoms with Crippen molar-refractivity contribution >= 4 is 5.82 Å². The summed E-state index contributed by atoms with van der Waals surface area (Å²) < 4.78 is 0.997. The molecule has 0 unspecified atom stereocenters. The summed E-state index contributed by atoms with van der Waals surface area (Å²) >= 11 is 0. The summed E-state index contributed by atoms with van der Waals surface area (Å²) in [4.78, 5) is 25.1. The van der Waals surface area contributed by atoms with Crippen LogP contribution in [0.3, 0.4) is 0 Å². The summed E-state index contributed by atoms with van der Waals surface area (Å²) in [7, 11) is 1.41. The summed E-state index contributed by atoms with van der Waals surface area (Å²) in [5, 5.41) is 1.38. The third kappa shape index (κ3) is 2.69. The zero-order valence-electron chi connectivity index (χ0n) is 8.99. The molecule has 1 aromatic rings. The van der Waals surface area contributed by atoms with Gasteiger partial charge in [-0.1, -0.05) is 13.3 Å². The molecule has 0 aliphatic heterocycles. The number of nitrogens with two attached hydrogens (primary N) is 1. The Morgan fingerprint density at radius 1 is 1.53 bits per heavy atom. The second-order valence-corrected chi connectivity index (χ2v) is 3.40. The topological polar surface area (TPSA) is 84.1 Å². The molecule has 1 rings (SSSR count). The number of H-pyrrole nitrogens is 1. The molecule has 0 aliphatic rings. The van der Waals surface area contributed by atoms with E-state index in [0.717, 1.165) is 17.4 Å². The van der Waals surface area contributed by atoms with Crippen molar-refractivity contribution in [3.8, 4) is 0 Å². The van der Waals surface area contributed by atoms with E-state index in [1.807, 2.05) is 6.92 Å². The normalized spacial score (nSPS) is 10.3. The van der Waals surface area contributed by atoms with Crippen LogP contribution in [0.5, 0.6) is 0 Å². The molecule has 0 bridgehead atoms. The Hall–Kier alpha value is -1.56. The average Bonchev–Trinajstić information content (AvgIpc) is 2.21. The van der Waals surface area contributed by atoms with Crippen LogP contribution in [0.1, 0.15) is 19.8 Å². The molecule has 0 radical (unpaired) electrons. The lowest BCUT2D eigenvalue weighted by atomic mass is 10.3. The second-order valence-electron chi connectivity index (χ2n) is 3.40. The predicted molar refractivity (Wildman–Crippen MR) is 58.7 cm³/mol. The first-order valence-corrected chi connectivity index (χ1v) is 4.89. The molecule has 1 heterocycles. The zero-order valence-corrected chi connectivity index (χ0v) is 8.99. The molecule has 0 aromatic carbocycles. The molecule has 84 valence electrons. The SMILES string of the molecule is CCCCN(N)c1cc(=O)n(C)c(=O)[nH]1. The van der Waals surface area contributed by atoms with E-state index in [4.69, 9.17) is 5.84 Å². The zero-order chi connectivity index (χ0) is 11.4. The third-order valence-corrected chi connectivity index (χ3v) is 2.19. The number of nitrogens with one attached hydrogen (secondary N) is 1. The van der Waals surface area contributed by atoms with Crippen LogP contribution < -0.4 is 22.1 Å². The molecule has 15 heavy (non-hydrogen) atoms. The van der Waals surface area contributed by atoms with Gasteiger partial charge >= 0.3 is 5.69 Å². The molecule has 0 aliphatic carbocycles. The van der Waals surface area contributed by atoms with Crippen molar-refractivity contribution in [2.24, 2.45) is 12.9 Å². The van der Waals surface area contributed by atoms with E-state index < -0.39 is 5.69 Å². The number of hydrazine groups is 1. The maximum atomic E-state index is 11.3. The summed E-state index contributed by atoms with van der Waals surface area (Å²) in [5.74, 6) is 6.04. The summed E-state index contributed by atoms with van der Waals surface area (Å²) in [6.45, 7) is 2.65. The van der Waals surface area contributed by atoms with Gasteiger partial charge in [0.25, 0.3) is 5.56 Å². The maximum absolute atomic E-state index is 11.3. The van der Waals surface area contributed by atoms with E-state index in [9.17, 15) is 9.59 Å². The molecule has 0 saturated heterocycles. The van der Waals surface area contributed by atoms with Crippen molar-refractivity contribution < 1.29 is 0 Å². The molecule has 6 heteroatoms. The number of unbranched alkanes of at least 4 members (excludes halogenated alkanes) is 1. The number of anilines is 1. The number of aromatic amines is 1. The van der Waals surface area contributed by atoms with Gasteiger partial charge in [0.05, 0.1) is 0 Å². The van der Waals surface area contributed by atoms with Gasteiger partial charge < -0.3 is 0 Å². The van der Waals surface area contributed by atoms with Crippen molar-refractivity contribution in [2.75, 3.05) is 11.6 Å². The molecule has 3 N–H and O–H groups in total. The number of aromatic nitrogens is 2. The van der Waals surface area contributed by atoms with Crippen LogP contribution in [0.2, 0.25) is 0 Å². The van der Waals surface area contributed by atoms with Gasteiger partial charge in [-0.05, 0) is 6.42 Å². The van der Waals surface area contributed by atoms with Gasteiger partial charge in [0.15, 0.2) is 0 Å². The lowest BCUT2D eigenvalue weighted by Gasteiger charge is -2.17. The molecule has 1 aromatic heterocycles. The first-order valence-electron chi connectivity index (χ1n) is 4.89. The Bertz CT molecular complexity index is 403. The van der Waals surface area contributed by atoms with Crippen molar-refractivity contribution in [2.45, 2.75) is 19.8 Å². The molecule has 0 fully saturated rings. The molecule has 0 amide bonds. The van der Waals surface area contributed by atoms with Crippen LogP contribution in [-0.4, -0.2) is 16.1 Å². The van der Waals surface area contributed by atoms with Crippen LogP contribution in [-0.2, 0) is 7.05 Å². The second kappa shape index (κ2) is 4.79. The first kappa shape index (κ1) is 11.5. The average molecular weight is 212 g/mol. The fraction of sp³-hybridized carbons (Fsp3) is 0.556. The fourth-order valence-electron chi connectivity index (χ4n) is 1.15. The number of hydrogen-bond donors (Lipinski definition) is 2. The van der Waals surface area contributed by atoms with Gasteiger partial charge in [-0.25, -0.2) is 10.6 Å². The number of rotatable bonds is 4. The Kier molecular flexibility index (Phi) is 3.68. The highest BCUT2D eigenvalue weighted by atomic mass is 16.2. The van der Waals surface area contributed by atoms with Gasteiger partial charge in [0, 0.05) is 19.7 Å². The minimum atomic E-state index is -0.454. The molecular weight excluding hydrogens is 196 g/mol. The maximum Gasteiger partial charge on any atom is 0.329 e. The van der Waals surface area contributed by atoms with E-state index in [2.05, 4.69) is 4.98 Å². The Morgan fingerprint density at radius 2 is 2.20 bits per heavy atom. The molecule has 6 nitrogen and oxygen atoms in total. The van der Waals surface area contributed by atoms with Crippen molar-refractivity contribution in [3.63, 3.8) is 0 Å². The van der Waals surface area contributed by atoms with Crippen LogP contribution in [0.25, 0.3) is 0 Å². The molecule has 0 atom stereocenters. The highest BCUT2D eigenvalue weighted by molar-refractivity contribution is 5.33. The number of nitrogens with zero attached hydrogens (tertiary/aromatic N) is 2. The Balaban J connectivity index is 2.96. The Morgan fingerprint density at radius 3 is 2.73 bits per heavy atom. The lowest BCUT2D eigenvalue weighted by Crippen LogP contribution is -2.39. The smallest absolute Gasteiger partial charge is 0.296 e. The van der Waals surface area contributed by atoms with Gasteiger partial charge in [-0.15, -0.1) is 0 Å². The predicted octanol–water partition coefficient (Wildman–Crippen LogP) is -0.446. The van der Waals surface area contributed by atoms with E-state index in [0.29, 0.717) is 12.4 Å². The highest BCUT2D eigenvalue weighted by Crippen LogP contribution is 2.01. The minimum Gasteiger partial charge on any atom is -0.296 e. The van der Waals surface area contributed by atoms with Crippen LogP contribution >= 0.6 is 0 Å². The quantitative estimate of drug-likeness (QED) is 0.523. The number of hydrogen-bond acceptors (Lipinski definition) is 4. The largest absolute Gasteiger partial charge is 0.329 e. The van der Waals surface area contributed by atoms with Gasteiger partial charge in [0.2, 0.25) is 0 Å². The van der Waals surface area contributed by atoms with Crippen molar-refractivity contribution in [1.82, 2.24) is 9.55 Å². The Labute approximate surface area is 87.3 Å². The highest BCUT2D eigenvalue weighted by Gasteiger charge is 2.05. The standard InChI is InChI=1S/C9H16N4O2/c1-3-4-5-13(10)7-6-8(14)12(2)9(15)11-7/h6H,3-5,10H2,1-2H3,(H,11,15). The molecule has 0 spiro atoms. The van der Waals surface area contributed by atoms with Gasteiger partial charge in [0.1, 0.15) is 5.82 Å². The van der Waals surface area contributed by atoms with Gasteiger partial charge in [-0.2, -0.15) is 0 Å². The summed E-state index contributed by atoms with van der Waals surface area (Å²) in [6, 6.07) is 1.32. The van der Waals surface area contributed by atoms with E-state index in [1.165, 1.54) is 18.1 Å². The van der Waals surface area contributed by atoms with E-state index in [1.54, 1.807) is 0 Å². The first-order chi connectivity index (χ1) is 7.06. The van der Waals surface area contributed by atoms with Crippen molar-refractivity contribution in [3.05, 3.63) is 26.9 Å².